The van der Waals surface area contributed by atoms with E-state index in [-0.39, 0.29) is 57.1 Å². The van der Waals surface area contributed by atoms with Crippen molar-refractivity contribution in [3.05, 3.63) is 48.0 Å². The van der Waals surface area contributed by atoms with Gasteiger partial charge in [0.15, 0.2) is 0 Å². The van der Waals surface area contributed by atoms with Crippen molar-refractivity contribution in [3.63, 3.8) is 0 Å². The molecule has 0 aliphatic heterocycles. The van der Waals surface area contributed by atoms with Crippen molar-refractivity contribution in [1.29, 1.82) is 0 Å². The van der Waals surface area contributed by atoms with E-state index in [9.17, 15) is 18.1 Å². The largest absolute Gasteiger partial charge is 1.00 e. The number of hydrogen-bond donors (Lipinski definition) is 1. The van der Waals surface area contributed by atoms with Gasteiger partial charge in [0.05, 0.1) is 4.90 Å². The van der Waals surface area contributed by atoms with Gasteiger partial charge in [0, 0.05) is 6.07 Å². The van der Waals surface area contributed by atoms with E-state index < -0.39 is 20.8 Å². The van der Waals surface area contributed by atoms with Gasteiger partial charge in [-0.2, -0.15) is 8.42 Å². The Morgan fingerprint density at radius 2 is 1.65 bits per heavy atom. The molecule has 0 radical (unpaired) electrons. The molecule has 0 saturated heterocycles. The number of rotatable bonds is 9. The Bertz CT molecular complexity index is 791. The third-order valence-corrected chi connectivity index (χ3v) is 4.77. The molecule has 5 nitrogen and oxygen atoms in total. The molecular weight excluding hydrogens is 379 g/mol. The fraction of sp³-hybridized carbons (Fsp3) is 0.368. The first-order valence-corrected chi connectivity index (χ1v) is 9.90. The number of benzene rings is 2. The molecule has 26 heavy (non-hydrogen) atoms. The smallest absolute Gasteiger partial charge is 0.871 e. The van der Waals surface area contributed by atoms with Crippen LogP contribution < -0.4 is 61.2 Å². The normalized spacial score (nSPS) is 11.0. The van der Waals surface area contributed by atoms with E-state index in [1.54, 1.807) is 30.3 Å². The average molecular weight is 403 g/mol. The Hall–Kier alpha value is -0.414. The molecule has 7 heteroatoms. The van der Waals surface area contributed by atoms with Gasteiger partial charge in [-0.25, -0.2) is 0 Å². The molecule has 1 N–H and O–H groups in total. The van der Waals surface area contributed by atoms with Gasteiger partial charge in [-0.1, -0.05) is 62.1 Å². The maximum absolute atomic E-state index is 12.3. The van der Waals surface area contributed by atoms with Crippen LogP contribution in [0.2, 0.25) is 0 Å². The van der Waals surface area contributed by atoms with E-state index in [2.05, 4.69) is 6.92 Å². The molecule has 2 aromatic carbocycles. The summed E-state index contributed by atoms with van der Waals surface area (Å²) in [5, 5.41) is 12.3. The Morgan fingerprint density at radius 1 is 1.00 bits per heavy atom. The Morgan fingerprint density at radius 3 is 2.27 bits per heavy atom. The van der Waals surface area contributed by atoms with Crippen molar-refractivity contribution >= 4 is 10.1 Å². The van der Waals surface area contributed by atoms with Crippen LogP contribution in [0.15, 0.2) is 47.4 Å². The maximum Gasteiger partial charge on any atom is 1.00 e. The van der Waals surface area contributed by atoms with Gasteiger partial charge in [-0.15, -0.1) is 0 Å². The SMILES string of the molecule is CCCCCCCc1cc(Oc2ccccc2)cc(S(=O)(=O)O)c1[O-].[K+]. The van der Waals surface area contributed by atoms with Gasteiger partial charge in [-0.05, 0) is 31.0 Å². The molecule has 0 aromatic heterocycles. The van der Waals surface area contributed by atoms with Gasteiger partial charge in [0.25, 0.3) is 10.1 Å². The second-order valence-corrected chi connectivity index (χ2v) is 7.35. The third kappa shape index (κ3) is 7.30. The summed E-state index contributed by atoms with van der Waals surface area (Å²) < 4.78 is 38.0. The molecule has 0 heterocycles. The fourth-order valence-corrected chi connectivity index (χ4v) is 3.24. The molecule has 0 saturated carbocycles. The van der Waals surface area contributed by atoms with Crippen molar-refractivity contribution in [2.45, 2.75) is 50.3 Å². The number of ether oxygens (including phenoxy) is 1. The number of aryl methyl sites for hydroxylation is 1. The molecule has 136 valence electrons. The summed E-state index contributed by atoms with van der Waals surface area (Å²) >= 11 is 0. The zero-order valence-electron chi connectivity index (χ0n) is 15.3. The fourth-order valence-electron chi connectivity index (χ4n) is 2.61. The predicted octanol–water partition coefficient (Wildman–Crippen LogP) is 1.32. The molecule has 2 rings (SSSR count). The van der Waals surface area contributed by atoms with Gasteiger partial charge >= 0.3 is 51.4 Å². The van der Waals surface area contributed by atoms with Crippen LogP contribution in [0.25, 0.3) is 0 Å². The van der Waals surface area contributed by atoms with Gasteiger partial charge in [-0.3, -0.25) is 4.55 Å². The van der Waals surface area contributed by atoms with Gasteiger partial charge in [0.1, 0.15) is 11.5 Å². The summed E-state index contributed by atoms with van der Waals surface area (Å²) in [5.74, 6) is 0.0942. The summed E-state index contributed by atoms with van der Waals surface area (Å²) in [6.07, 6.45) is 5.55. The monoisotopic (exact) mass is 402 g/mol. The van der Waals surface area contributed by atoms with E-state index in [1.807, 2.05) is 6.07 Å². The van der Waals surface area contributed by atoms with Crippen LogP contribution in [-0.4, -0.2) is 13.0 Å². The second-order valence-electron chi connectivity index (χ2n) is 5.96. The second kappa shape index (κ2) is 11.4. The third-order valence-electron chi connectivity index (χ3n) is 3.91. The van der Waals surface area contributed by atoms with E-state index in [0.29, 0.717) is 17.7 Å². The number of para-hydroxylation sites is 1. The van der Waals surface area contributed by atoms with Crippen LogP contribution in [0.5, 0.6) is 17.2 Å². The first-order chi connectivity index (χ1) is 11.9. The summed E-state index contributed by atoms with van der Waals surface area (Å²) in [6.45, 7) is 2.12. The molecule has 0 unspecified atom stereocenters. The zero-order chi connectivity index (χ0) is 18.3. The van der Waals surface area contributed by atoms with Crippen LogP contribution >= 0.6 is 0 Å². The summed E-state index contributed by atoms with van der Waals surface area (Å²) in [6, 6.07) is 11.5. The molecule has 0 aliphatic carbocycles. The van der Waals surface area contributed by atoms with Gasteiger partial charge < -0.3 is 9.84 Å². The molecular formula is C19H23KO5S. The quantitative estimate of drug-likeness (QED) is 0.388. The predicted molar refractivity (Wildman–Crippen MR) is 94.7 cm³/mol. The van der Waals surface area contributed by atoms with Gasteiger partial charge in [0.2, 0.25) is 0 Å². The van der Waals surface area contributed by atoms with Crippen molar-refractivity contribution < 1.29 is 74.2 Å². The first kappa shape index (κ1) is 23.6. The molecule has 0 spiro atoms. The summed E-state index contributed by atoms with van der Waals surface area (Å²) in [7, 11) is -4.60. The van der Waals surface area contributed by atoms with Crippen molar-refractivity contribution in [2.75, 3.05) is 0 Å². The van der Waals surface area contributed by atoms with Crippen molar-refractivity contribution in [3.8, 4) is 17.2 Å². The Kier molecular flexibility index (Phi) is 10.4. The first-order valence-electron chi connectivity index (χ1n) is 8.46. The van der Waals surface area contributed by atoms with Crippen LogP contribution in [0, 0.1) is 0 Å². The molecule has 0 fully saturated rings. The van der Waals surface area contributed by atoms with E-state index >= 15 is 0 Å². The molecule has 0 atom stereocenters. The minimum Gasteiger partial charge on any atom is -0.871 e. The Balaban J connectivity index is 0.00000338. The summed E-state index contributed by atoms with van der Waals surface area (Å²) in [4.78, 5) is -0.635. The number of hydrogen-bond acceptors (Lipinski definition) is 4. The minimum absolute atomic E-state index is 0. The van der Waals surface area contributed by atoms with Crippen LogP contribution in [-0.2, 0) is 16.5 Å². The number of unbranched alkanes of at least 4 members (excludes halogenated alkanes) is 4. The van der Waals surface area contributed by atoms with E-state index in [4.69, 9.17) is 4.74 Å². The van der Waals surface area contributed by atoms with Crippen LogP contribution in [0.4, 0.5) is 0 Å². The van der Waals surface area contributed by atoms with Crippen molar-refractivity contribution in [2.24, 2.45) is 0 Å². The Labute approximate surface area is 198 Å². The molecule has 2 aromatic rings. The summed E-state index contributed by atoms with van der Waals surface area (Å²) in [5.41, 5.74) is 0.345. The van der Waals surface area contributed by atoms with Crippen molar-refractivity contribution in [1.82, 2.24) is 0 Å². The van der Waals surface area contributed by atoms with E-state index in [1.165, 1.54) is 0 Å². The standard InChI is InChI=1S/C19H24O5S.K/c1-2-3-4-5-7-10-15-13-17(24-16-11-8-6-9-12-16)14-18(19(15)20)25(21,22)23;/h6,8-9,11-14,20H,2-5,7,10H2,1H3,(H,21,22,23);/q;+1/p-1. The minimum atomic E-state index is -4.60. The van der Waals surface area contributed by atoms with Crippen LogP contribution in [0.1, 0.15) is 44.6 Å². The van der Waals surface area contributed by atoms with Crippen LogP contribution in [0.3, 0.4) is 0 Å². The zero-order valence-corrected chi connectivity index (χ0v) is 19.2. The maximum atomic E-state index is 12.3. The molecule has 0 bridgehead atoms. The topological polar surface area (TPSA) is 86.7 Å². The molecule has 0 aliphatic rings. The molecule has 0 amide bonds. The average Bonchev–Trinajstić information content (AvgIpc) is 2.57. The van der Waals surface area contributed by atoms with E-state index in [0.717, 1.165) is 38.2 Å².